The van der Waals surface area contributed by atoms with E-state index >= 15 is 0 Å². The predicted octanol–water partition coefficient (Wildman–Crippen LogP) is 1.68. The summed E-state index contributed by atoms with van der Waals surface area (Å²) in [6.07, 6.45) is 2.43. The first-order valence-corrected chi connectivity index (χ1v) is 6.85. The van der Waals surface area contributed by atoms with Gasteiger partial charge in [-0.15, -0.1) is 0 Å². The molecular weight excluding hydrogens is 258 g/mol. The van der Waals surface area contributed by atoms with E-state index in [1.807, 2.05) is 24.3 Å². The van der Waals surface area contributed by atoms with E-state index in [0.717, 1.165) is 30.6 Å². The number of para-hydroxylation sites is 1. The van der Waals surface area contributed by atoms with Crippen molar-refractivity contribution in [2.75, 3.05) is 6.61 Å². The van der Waals surface area contributed by atoms with E-state index in [1.54, 1.807) is 0 Å². The molecule has 0 saturated heterocycles. The van der Waals surface area contributed by atoms with Gasteiger partial charge in [-0.05, 0) is 25.3 Å². The smallest absolute Gasteiger partial charge is 0.305 e. The Hall–Kier alpha value is -2.04. The summed E-state index contributed by atoms with van der Waals surface area (Å²) in [6.45, 7) is 0.328. The number of carbonyl (C=O) groups is 2. The molecule has 1 aliphatic carbocycles. The minimum atomic E-state index is -0.868. The number of carbonyl (C=O) groups excluding carboxylic acids is 1. The van der Waals surface area contributed by atoms with Gasteiger partial charge in [-0.3, -0.25) is 9.59 Å². The number of nitrogens with one attached hydrogen (secondary N) is 1. The summed E-state index contributed by atoms with van der Waals surface area (Å²) in [6, 6.07) is 7.48. The first-order chi connectivity index (χ1) is 9.60. The van der Waals surface area contributed by atoms with Gasteiger partial charge in [0.2, 0.25) is 5.91 Å². The minimum absolute atomic E-state index is 0.00599. The third-order valence-corrected chi connectivity index (χ3v) is 4.21. The summed E-state index contributed by atoms with van der Waals surface area (Å²) < 4.78 is 5.50. The van der Waals surface area contributed by atoms with Gasteiger partial charge < -0.3 is 15.2 Å². The third-order valence-electron chi connectivity index (χ3n) is 4.21. The molecule has 106 valence electrons. The summed E-state index contributed by atoms with van der Waals surface area (Å²) in [5.41, 5.74) is 0.329. The van der Waals surface area contributed by atoms with Crippen LogP contribution < -0.4 is 10.1 Å². The predicted molar refractivity (Wildman–Crippen MR) is 71.7 cm³/mol. The van der Waals surface area contributed by atoms with E-state index in [1.165, 1.54) is 0 Å². The lowest BCUT2D eigenvalue weighted by molar-refractivity contribution is -0.140. The number of carboxylic acids is 1. The Morgan fingerprint density at radius 1 is 1.35 bits per heavy atom. The van der Waals surface area contributed by atoms with Crippen LogP contribution in [0.25, 0.3) is 0 Å². The second kappa shape index (κ2) is 4.81. The number of hydrogen-bond donors (Lipinski definition) is 2. The Kier molecular flexibility index (Phi) is 3.12. The van der Waals surface area contributed by atoms with Gasteiger partial charge in [-0.1, -0.05) is 18.2 Å². The van der Waals surface area contributed by atoms with Gasteiger partial charge in [0.15, 0.2) is 0 Å². The van der Waals surface area contributed by atoms with Crippen LogP contribution in [0.15, 0.2) is 24.3 Å². The van der Waals surface area contributed by atoms with Crippen LogP contribution in [0, 0.1) is 0 Å². The van der Waals surface area contributed by atoms with Crippen molar-refractivity contribution in [3.05, 3.63) is 29.8 Å². The molecular formula is C15H17NO4. The van der Waals surface area contributed by atoms with Gasteiger partial charge in [-0.2, -0.15) is 0 Å². The molecule has 0 aromatic heterocycles. The molecule has 2 aliphatic rings. The third kappa shape index (κ3) is 2.24. The van der Waals surface area contributed by atoms with Crippen LogP contribution in [0.2, 0.25) is 0 Å². The van der Waals surface area contributed by atoms with Crippen molar-refractivity contribution in [2.24, 2.45) is 0 Å². The number of amides is 1. The zero-order valence-corrected chi connectivity index (χ0v) is 11.1. The molecule has 1 fully saturated rings. The fourth-order valence-electron chi connectivity index (χ4n) is 2.97. The van der Waals surface area contributed by atoms with Crippen LogP contribution in [0.4, 0.5) is 0 Å². The molecule has 20 heavy (non-hydrogen) atoms. The zero-order valence-electron chi connectivity index (χ0n) is 11.1. The molecule has 1 aromatic rings. The maximum absolute atomic E-state index is 12.4. The van der Waals surface area contributed by atoms with Crippen molar-refractivity contribution in [1.82, 2.24) is 5.32 Å². The molecule has 1 aromatic carbocycles. The van der Waals surface area contributed by atoms with Crippen LogP contribution in [0.5, 0.6) is 5.75 Å². The highest BCUT2D eigenvalue weighted by molar-refractivity contribution is 5.86. The summed E-state index contributed by atoms with van der Waals surface area (Å²) in [5.74, 6) is -0.588. The second-order valence-corrected chi connectivity index (χ2v) is 5.60. The number of rotatable bonds is 4. The summed E-state index contributed by atoms with van der Waals surface area (Å²) in [4.78, 5) is 23.3. The molecule has 5 nitrogen and oxygen atoms in total. The van der Waals surface area contributed by atoms with Gasteiger partial charge in [-0.25, -0.2) is 0 Å². The van der Waals surface area contributed by atoms with Gasteiger partial charge in [0.25, 0.3) is 0 Å². The second-order valence-electron chi connectivity index (χ2n) is 5.60. The van der Waals surface area contributed by atoms with Crippen molar-refractivity contribution < 1.29 is 19.4 Å². The van der Waals surface area contributed by atoms with Gasteiger partial charge in [0, 0.05) is 5.56 Å². The monoisotopic (exact) mass is 275 g/mol. The van der Waals surface area contributed by atoms with Crippen LogP contribution in [-0.2, 0) is 9.59 Å². The zero-order chi connectivity index (χ0) is 14.2. The maximum Gasteiger partial charge on any atom is 0.305 e. The first kappa shape index (κ1) is 13.0. The average Bonchev–Trinajstić information content (AvgIpc) is 2.79. The van der Waals surface area contributed by atoms with Gasteiger partial charge in [0.1, 0.15) is 18.3 Å². The molecule has 1 saturated carbocycles. The lowest BCUT2D eigenvalue weighted by Crippen LogP contribution is -2.55. The molecule has 1 heterocycles. The van der Waals surface area contributed by atoms with Gasteiger partial charge in [0.05, 0.1) is 12.0 Å². The molecule has 3 rings (SSSR count). The van der Waals surface area contributed by atoms with Crippen LogP contribution >= 0.6 is 0 Å². The number of ether oxygens (including phenoxy) is 1. The summed E-state index contributed by atoms with van der Waals surface area (Å²) in [5, 5.41) is 11.9. The highest BCUT2D eigenvalue weighted by Gasteiger charge is 2.42. The Balaban J connectivity index is 1.73. The van der Waals surface area contributed by atoms with E-state index in [0.29, 0.717) is 6.61 Å². The lowest BCUT2D eigenvalue weighted by Gasteiger charge is -2.42. The van der Waals surface area contributed by atoms with Crippen molar-refractivity contribution >= 4 is 11.9 Å². The summed E-state index contributed by atoms with van der Waals surface area (Å²) >= 11 is 0. The molecule has 1 atom stereocenters. The highest BCUT2D eigenvalue weighted by Crippen LogP contribution is 2.38. The van der Waals surface area contributed by atoms with Crippen molar-refractivity contribution in [1.29, 1.82) is 0 Å². The van der Waals surface area contributed by atoms with E-state index in [-0.39, 0.29) is 18.2 Å². The topological polar surface area (TPSA) is 75.6 Å². The van der Waals surface area contributed by atoms with E-state index in [2.05, 4.69) is 5.32 Å². The maximum atomic E-state index is 12.4. The molecule has 0 bridgehead atoms. The van der Waals surface area contributed by atoms with Crippen molar-refractivity contribution in [2.45, 2.75) is 37.1 Å². The number of carboxylic acid groups (broad SMARTS) is 1. The Morgan fingerprint density at radius 2 is 2.10 bits per heavy atom. The number of fused-ring (bicyclic) bond motifs is 1. The molecule has 1 unspecified atom stereocenters. The highest BCUT2D eigenvalue weighted by atomic mass is 16.5. The molecule has 5 heteroatoms. The minimum Gasteiger partial charge on any atom is -0.492 e. The number of aliphatic carboxylic acids is 1. The van der Waals surface area contributed by atoms with E-state index in [9.17, 15) is 9.59 Å². The lowest BCUT2D eigenvalue weighted by atomic mass is 9.74. The van der Waals surface area contributed by atoms with Crippen LogP contribution in [0.1, 0.15) is 37.2 Å². The van der Waals surface area contributed by atoms with Crippen LogP contribution in [-0.4, -0.2) is 29.1 Å². The molecule has 0 radical (unpaired) electrons. The quantitative estimate of drug-likeness (QED) is 0.876. The van der Waals surface area contributed by atoms with E-state index < -0.39 is 11.5 Å². The standard InChI is InChI=1S/C15H17NO4/c17-13(18)8-15(6-3-7-15)16-14(19)11-9-20-12-5-2-1-4-10(11)12/h1-2,4-5,11H,3,6-9H2,(H,16,19)(H,17,18). The Morgan fingerprint density at radius 3 is 2.75 bits per heavy atom. The van der Waals surface area contributed by atoms with Crippen molar-refractivity contribution in [3.8, 4) is 5.75 Å². The molecule has 0 spiro atoms. The normalized spacial score (nSPS) is 22.3. The number of hydrogen-bond acceptors (Lipinski definition) is 3. The van der Waals surface area contributed by atoms with Gasteiger partial charge >= 0.3 is 5.97 Å². The fraction of sp³-hybridized carbons (Fsp3) is 0.467. The Bertz CT molecular complexity index is 551. The average molecular weight is 275 g/mol. The first-order valence-electron chi connectivity index (χ1n) is 6.85. The van der Waals surface area contributed by atoms with Crippen LogP contribution in [0.3, 0.4) is 0 Å². The molecule has 1 aliphatic heterocycles. The summed E-state index contributed by atoms with van der Waals surface area (Å²) in [7, 11) is 0. The largest absolute Gasteiger partial charge is 0.492 e. The molecule has 2 N–H and O–H groups in total. The fourth-order valence-corrected chi connectivity index (χ4v) is 2.97. The van der Waals surface area contributed by atoms with E-state index in [4.69, 9.17) is 9.84 Å². The Labute approximate surface area is 116 Å². The SMILES string of the molecule is O=C(O)CC1(NC(=O)C2COc3ccccc32)CCC1. The number of benzene rings is 1. The van der Waals surface area contributed by atoms with Crippen molar-refractivity contribution in [3.63, 3.8) is 0 Å². The molecule has 1 amide bonds.